The van der Waals surface area contributed by atoms with Crippen LogP contribution in [0.3, 0.4) is 0 Å². The summed E-state index contributed by atoms with van der Waals surface area (Å²) >= 11 is 0. The molecule has 0 aromatic heterocycles. The van der Waals surface area contributed by atoms with Crippen LogP contribution in [-0.2, 0) is 15.2 Å². The van der Waals surface area contributed by atoms with Crippen molar-refractivity contribution in [3.05, 3.63) is 71.0 Å². The van der Waals surface area contributed by atoms with E-state index >= 15 is 0 Å². The van der Waals surface area contributed by atoms with Gasteiger partial charge in [0.25, 0.3) is 5.60 Å². The van der Waals surface area contributed by atoms with Crippen molar-refractivity contribution in [2.45, 2.75) is 63.4 Å². The van der Waals surface area contributed by atoms with Gasteiger partial charge in [0.2, 0.25) is 11.8 Å². The summed E-state index contributed by atoms with van der Waals surface area (Å²) in [4.78, 5) is 28.3. The topological polar surface area (TPSA) is 60.9 Å². The largest absolute Gasteiger partial charge is 0.430 e. The summed E-state index contributed by atoms with van der Waals surface area (Å²) in [7, 11) is 0. The maximum Gasteiger partial charge on any atom is 0.430 e. The predicted molar refractivity (Wildman–Crippen MR) is 137 cm³/mol. The fourth-order valence-electron chi connectivity index (χ4n) is 5.53. The van der Waals surface area contributed by atoms with Crippen LogP contribution in [-0.4, -0.2) is 65.3 Å². The van der Waals surface area contributed by atoms with Crippen LogP contribution in [0.15, 0.2) is 48.5 Å². The van der Waals surface area contributed by atoms with Gasteiger partial charge in [-0.1, -0.05) is 50.2 Å². The molecule has 2 aliphatic heterocycles. The maximum atomic E-state index is 13.6. The zero-order valence-corrected chi connectivity index (χ0v) is 22.9. The highest BCUT2D eigenvalue weighted by molar-refractivity contribution is 5.80. The lowest BCUT2D eigenvalue weighted by atomic mass is 9.82. The fraction of sp³-hybridized carbons (Fsp3) is 0.517. The van der Waals surface area contributed by atoms with Crippen LogP contribution >= 0.6 is 0 Å². The van der Waals surface area contributed by atoms with Crippen molar-refractivity contribution < 1.29 is 45.4 Å². The van der Waals surface area contributed by atoms with Gasteiger partial charge in [0.15, 0.2) is 0 Å². The summed E-state index contributed by atoms with van der Waals surface area (Å²) < 4.78 is 93.5. The first-order valence-electron chi connectivity index (χ1n) is 13.4. The Morgan fingerprint density at radius 3 is 1.56 bits per heavy atom. The zero-order chi connectivity index (χ0) is 30.8. The van der Waals surface area contributed by atoms with Gasteiger partial charge < -0.3 is 14.9 Å². The molecule has 2 fully saturated rings. The number of alkyl halides is 6. The summed E-state index contributed by atoms with van der Waals surface area (Å²) in [6.07, 6.45) is -11.1. The van der Waals surface area contributed by atoms with Gasteiger partial charge in [-0.15, -0.1) is 0 Å². The van der Waals surface area contributed by atoms with Crippen molar-refractivity contribution in [2.24, 2.45) is 5.92 Å². The second-order valence-electron chi connectivity index (χ2n) is 10.1. The third-order valence-electron chi connectivity index (χ3n) is 7.80. The first kappa shape index (κ1) is 32.4. The van der Waals surface area contributed by atoms with Gasteiger partial charge >= 0.3 is 12.4 Å². The number of benzene rings is 2. The van der Waals surface area contributed by atoms with E-state index in [1.165, 1.54) is 31.2 Å². The van der Waals surface area contributed by atoms with Crippen LogP contribution in [0.4, 0.5) is 30.7 Å². The van der Waals surface area contributed by atoms with Crippen molar-refractivity contribution >= 4 is 11.8 Å². The molecule has 0 bridgehead atoms. The van der Waals surface area contributed by atoms with E-state index in [9.17, 15) is 45.4 Å². The standard InChI is InChI=1S/C27H27F7N2O3.C2H6/c1-16(37)35-12-10-19(11-13-35)24(38)36-14-22(23(15-36)18-4-8-21(28)9-5-18)17-2-6-20(7-3-17)25(39,26(29,30)31)27(32,33)34;1-2/h2-9,19,22-23,39H,10-15H2,1H3;1-2H3. The van der Waals surface area contributed by atoms with Crippen molar-refractivity contribution in [3.8, 4) is 0 Å². The van der Waals surface area contributed by atoms with E-state index in [0.29, 0.717) is 49.2 Å². The Morgan fingerprint density at radius 2 is 1.17 bits per heavy atom. The van der Waals surface area contributed by atoms with Crippen LogP contribution in [0.2, 0.25) is 0 Å². The number of halogens is 7. The molecule has 12 heteroatoms. The highest BCUT2D eigenvalue weighted by Crippen LogP contribution is 2.50. The molecule has 0 saturated carbocycles. The molecule has 0 aliphatic carbocycles. The van der Waals surface area contributed by atoms with Crippen LogP contribution < -0.4 is 0 Å². The molecule has 4 rings (SSSR count). The SMILES string of the molecule is CC.CC(=O)N1CCC(C(=O)N2CC(c3ccc(F)cc3)C(c3ccc(C(O)(C(F)(F)F)C(F)(F)F)cc3)C2)CC1. The van der Waals surface area contributed by atoms with E-state index < -0.39 is 41.2 Å². The monoisotopic (exact) mass is 590 g/mol. The van der Waals surface area contributed by atoms with Gasteiger partial charge in [-0.2, -0.15) is 26.3 Å². The number of carbonyl (C=O) groups excluding carboxylic acids is 2. The molecule has 0 radical (unpaired) electrons. The highest BCUT2D eigenvalue weighted by Gasteiger charge is 2.71. The number of likely N-dealkylation sites (tertiary alicyclic amines) is 2. The lowest BCUT2D eigenvalue weighted by molar-refractivity contribution is -0.376. The van der Waals surface area contributed by atoms with E-state index in [1.807, 2.05) is 13.8 Å². The van der Waals surface area contributed by atoms with Gasteiger partial charge in [-0.05, 0) is 36.1 Å². The lowest BCUT2D eigenvalue weighted by Crippen LogP contribution is -2.53. The van der Waals surface area contributed by atoms with E-state index in [4.69, 9.17) is 0 Å². The molecule has 0 spiro atoms. The number of amides is 2. The molecule has 2 aromatic rings. The third-order valence-corrected chi connectivity index (χ3v) is 7.80. The number of rotatable bonds is 4. The second kappa shape index (κ2) is 12.4. The summed E-state index contributed by atoms with van der Waals surface area (Å²) in [5.74, 6) is -1.94. The van der Waals surface area contributed by atoms with Crippen LogP contribution in [0.25, 0.3) is 0 Å². The molecule has 2 aliphatic rings. The summed E-state index contributed by atoms with van der Waals surface area (Å²) in [6.45, 7) is 6.70. The molecule has 2 unspecified atom stereocenters. The molecular weight excluding hydrogens is 557 g/mol. The number of aliphatic hydroxyl groups is 1. The van der Waals surface area contributed by atoms with E-state index in [2.05, 4.69) is 0 Å². The Morgan fingerprint density at radius 1 is 0.756 bits per heavy atom. The molecule has 2 saturated heterocycles. The smallest absolute Gasteiger partial charge is 0.369 e. The van der Waals surface area contributed by atoms with Crippen molar-refractivity contribution in [1.82, 2.24) is 9.80 Å². The van der Waals surface area contributed by atoms with Crippen molar-refractivity contribution in [1.29, 1.82) is 0 Å². The minimum atomic E-state index is -6.00. The Hall–Kier alpha value is -3.15. The predicted octanol–water partition coefficient (Wildman–Crippen LogP) is 6.13. The first-order valence-corrected chi connectivity index (χ1v) is 13.4. The third kappa shape index (κ3) is 6.52. The number of carbonyl (C=O) groups is 2. The minimum Gasteiger partial charge on any atom is -0.369 e. The van der Waals surface area contributed by atoms with Crippen LogP contribution in [0.5, 0.6) is 0 Å². The summed E-state index contributed by atoms with van der Waals surface area (Å²) in [5, 5.41) is 9.72. The van der Waals surface area contributed by atoms with Gasteiger partial charge in [0.05, 0.1) is 0 Å². The van der Waals surface area contributed by atoms with Crippen LogP contribution in [0, 0.1) is 11.7 Å². The van der Waals surface area contributed by atoms with Gasteiger partial charge in [0, 0.05) is 56.4 Å². The first-order chi connectivity index (χ1) is 19.1. The maximum absolute atomic E-state index is 13.6. The summed E-state index contributed by atoms with van der Waals surface area (Å²) in [5.41, 5.74) is -5.37. The normalized spacial score (nSPS) is 20.5. The fourth-order valence-corrected chi connectivity index (χ4v) is 5.53. The minimum absolute atomic E-state index is 0.0788. The zero-order valence-electron chi connectivity index (χ0n) is 22.9. The van der Waals surface area contributed by atoms with Gasteiger partial charge in [-0.3, -0.25) is 9.59 Å². The van der Waals surface area contributed by atoms with Gasteiger partial charge in [0.1, 0.15) is 5.82 Å². The van der Waals surface area contributed by atoms with E-state index in [1.54, 1.807) is 9.80 Å². The molecule has 1 N–H and O–H groups in total. The molecule has 41 heavy (non-hydrogen) atoms. The Kier molecular flexibility index (Phi) is 9.77. The van der Waals surface area contributed by atoms with E-state index in [-0.39, 0.29) is 30.8 Å². The number of hydrogen-bond donors (Lipinski definition) is 1. The van der Waals surface area contributed by atoms with Gasteiger partial charge in [-0.25, -0.2) is 4.39 Å². The molecule has 2 amide bonds. The molecule has 2 atom stereocenters. The lowest BCUT2D eigenvalue weighted by Gasteiger charge is -2.33. The van der Waals surface area contributed by atoms with Crippen molar-refractivity contribution in [3.63, 3.8) is 0 Å². The Labute approximate surface area is 233 Å². The molecule has 5 nitrogen and oxygen atoms in total. The molecular formula is C29H33F7N2O3. The number of hydrogen-bond acceptors (Lipinski definition) is 3. The quantitative estimate of drug-likeness (QED) is 0.436. The average Bonchev–Trinajstić information content (AvgIpc) is 3.38. The molecule has 2 aromatic carbocycles. The Balaban J connectivity index is 0.00000226. The summed E-state index contributed by atoms with van der Waals surface area (Å²) in [6, 6.07) is 8.94. The number of nitrogens with zero attached hydrogens (tertiary/aromatic N) is 2. The number of piperidine rings is 1. The van der Waals surface area contributed by atoms with Crippen molar-refractivity contribution in [2.75, 3.05) is 26.2 Å². The highest BCUT2D eigenvalue weighted by atomic mass is 19.4. The van der Waals surface area contributed by atoms with Crippen LogP contribution in [0.1, 0.15) is 62.1 Å². The molecule has 226 valence electrons. The average molecular weight is 591 g/mol. The van der Waals surface area contributed by atoms with E-state index in [0.717, 1.165) is 12.1 Å². The molecule has 2 heterocycles. The second-order valence-corrected chi connectivity index (χ2v) is 10.1. The Bertz CT molecular complexity index is 1170.